The van der Waals surface area contributed by atoms with Crippen LogP contribution in [0.15, 0.2) is 0 Å². The molecule has 0 fully saturated rings. The third kappa shape index (κ3) is 4.53. The topological polar surface area (TPSA) is 62.5 Å². The molecular formula is C13F20N4. The van der Waals surface area contributed by atoms with Crippen molar-refractivity contribution in [1.82, 2.24) is 15.0 Å². The third-order valence-corrected chi connectivity index (χ3v) is 4.07. The van der Waals surface area contributed by atoms with Gasteiger partial charge in [0.25, 0.3) is 0 Å². The largest absolute Gasteiger partial charge is 0.443 e. The summed E-state index contributed by atoms with van der Waals surface area (Å²) in [5, 5.41) is 8.13. The van der Waals surface area contributed by atoms with Gasteiger partial charge in [-0.1, -0.05) is 0 Å². The number of nitriles is 1. The quantitative estimate of drug-likeness (QED) is 0.384. The zero-order chi connectivity index (χ0) is 30.1. The minimum absolute atomic E-state index is 0.924. The molecule has 1 unspecified atom stereocenters. The Morgan fingerprint density at radius 3 is 0.838 bits per heavy atom. The summed E-state index contributed by atoms with van der Waals surface area (Å²) in [6.07, 6.45) is -37.9. The number of alkyl halides is 20. The summed E-state index contributed by atoms with van der Waals surface area (Å²) in [5.41, 5.74) is -21.9. The molecule has 1 atom stereocenters. The van der Waals surface area contributed by atoms with Crippen molar-refractivity contribution in [3.63, 3.8) is 0 Å². The van der Waals surface area contributed by atoms with Gasteiger partial charge in [-0.05, 0) is 0 Å². The smallest absolute Gasteiger partial charge is 0.214 e. The zero-order valence-corrected chi connectivity index (χ0v) is 15.8. The van der Waals surface area contributed by atoms with Crippen molar-refractivity contribution in [3.8, 4) is 6.07 Å². The molecule has 0 radical (unpaired) electrons. The molecule has 0 N–H and O–H groups in total. The Balaban J connectivity index is 4.50. The van der Waals surface area contributed by atoms with Gasteiger partial charge >= 0.3 is 53.8 Å². The molecule has 4 nitrogen and oxygen atoms in total. The second kappa shape index (κ2) is 8.30. The van der Waals surface area contributed by atoms with Gasteiger partial charge in [0, 0.05) is 0 Å². The summed E-state index contributed by atoms with van der Waals surface area (Å²) in [6, 6.07) is -0.924. The predicted octanol–water partition coefficient (Wildman–Crippen LogP) is 6.34. The molecule has 0 saturated carbocycles. The monoisotopic (exact) mass is 592 g/mol. The highest BCUT2D eigenvalue weighted by molar-refractivity contribution is 5.25. The van der Waals surface area contributed by atoms with E-state index in [9.17, 15) is 87.8 Å². The van der Waals surface area contributed by atoms with E-state index in [-0.39, 0.29) is 0 Å². The highest BCUT2D eigenvalue weighted by atomic mass is 19.4. The highest BCUT2D eigenvalue weighted by Crippen LogP contribution is 2.56. The number of nitrogens with zero attached hydrogens (tertiary/aromatic N) is 4. The van der Waals surface area contributed by atoms with E-state index in [1.807, 2.05) is 0 Å². The summed E-state index contributed by atoms with van der Waals surface area (Å²) >= 11 is 0. The molecular weight excluding hydrogens is 592 g/mol. The molecule has 0 aliphatic heterocycles. The molecule has 1 aromatic rings. The van der Waals surface area contributed by atoms with Gasteiger partial charge in [0.05, 0.1) is 0 Å². The van der Waals surface area contributed by atoms with Crippen molar-refractivity contribution < 1.29 is 87.8 Å². The zero-order valence-electron chi connectivity index (χ0n) is 15.8. The van der Waals surface area contributed by atoms with Crippen molar-refractivity contribution in [3.05, 3.63) is 17.5 Å². The van der Waals surface area contributed by atoms with Crippen LogP contribution in [-0.2, 0) is 17.3 Å². The Morgan fingerprint density at radius 1 is 0.405 bits per heavy atom. The summed E-state index contributed by atoms with van der Waals surface area (Å²) in [7, 11) is 0. The molecule has 0 aliphatic rings. The first kappa shape index (κ1) is 32.1. The first-order valence-corrected chi connectivity index (χ1v) is 7.84. The van der Waals surface area contributed by atoms with Crippen molar-refractivity contribution in [2.45, 2.75) is 53.8 Å². The number of rotatable bonds is 4. The SMILES string of the molecule is N#CC(F)(C(F)(F)F)C(F)(F)c1nc(C(F)(C(F)(F)F)C(F)(F)F)nc(C(F)(C(F)(F)F)C(F)(F)F)n1. The minimum Gasteiger partial charge on any atom is -0.214 e. The van der Waals surface area contributed by atoms with Crippen LogP contribution in [0, 0.1) is 11.3 Å². The maximum atomic E-state index is 14.2. The second-order valence-electron chi connectivity index (χ2n) is 6.46. The van der Waals surface area contributed by atoms with Crippen LogP contribution in [0.5, 0.6) is 0 Å². The Kier molecular flexibility index (Phi) is 7.21. The van der Waals surface area contributed by atoms with E-state index in [1.165, 1.54) is 0 Å². The third-order valence-electron chi connectivity index (χ3n) is 4.07. The van der Waals surface area contributed by atoms with E-state index in [0.29, 0.717) is 0 Å². The maximum absolute atomic E-state index is 14.2. The van der Waals surface area contributed by atoms with Crippen LogP contribution in [0.1, 0.15) is 17.5 Å². The lowest BCUT2D eigenvalue weighted by molar-refractivity contribution is -0.355. The van der Waals surface area contributed by atoms with E-state index in [2.05, 4.69) is 0 Å². The Labute approximate surface area is 186 Å². The summed E-state index contributed by atoms with van der Waals surface area (Å²) in [5.74, 6) is -20.1. The fourth-order valence-electron chi connectivity index (χ4n) is 2.12. The van der Waals surface area contributed by atoms with Crippen molar-refractivity contribution >= 4 is 0 Å². The fourth-order valence-corrected chi connectivity index (χ4v) is 2.12. The van der Waals surface area contributed by atoms with E-state index in [4.69, 9.17) is 5.26 Å². The van der Waals surface area contributed by atoms with E-state index < -0.39 is 77.4 Å². The predicted molar refractivity (Wildman–Crippen MR) is 69.0 cm³/mol. The number of hydrogen-bond acceptors (Lipinski definition) is 4. The molecule has 0 spiro atoms. The summed E-state index contributed by atoms with van der Waals surface area (Å²) in [4.78, 5) is 3.33. The average Bonchev–Trinajstić information content (AvgIpc) is 2.66. The van der Waals surface area contributed by atoms with Crippen LogP contribution < -0.4 is 0 Å². The van der Waals surface area contributed by atoms with Gasteiger partial charge in [0.15, 0.2) is 11.6 Å². The molecule has 212 valence electrons. The lowest BCUT2D eigenvalue weighted by Gasteiger charge is -2.33. The number of aromatic nitrogens is 3. The van der Waals surface area contributed by atoms with E-state index in [0.717, 1.165) is 15.0 Å². The van der Waals surface area contributed by atoms with Crippen LogP contribution in [-0.4, -0.2) is 51.5 Å². The van der Waals surface area contributed by atoms with E-state index >= 15 is 0 Å². The summed E-state index contributed by atoms with van der Waals surface area (Å²) in [6.45, 7) is 0. The molecule has 24 heteroatoms. The molecule has 0 bridgehead atoms. The lowest BCUT2D eigenvalue weighted by Crippen LogP contribution is -2.56. The Bertz CT molecular complexity index is 969. The maximum Gasteiger partial charge on any atom is 0.443 e. The van der Waals surface area contributed by atoms with E-state index in [1.54, 1.807) is 0 Å². The molecule has 1 rings (SSSR count). The first-order chi connectivity index (χ1) is 15.9. The molecule has 0 aromatic carbocycles. The van der Waals surface area contributed by atoms with Gasteiger partial charge in [-0.3, -0.25) is 0 Å². The van der Waals surface area contributed by atoms with Gasteiger partial charge in [0.1, 0.15) is 6.07 Å². The standard InChI is InChI=1S/C13F20N4/c14-5(1-34,9(19,20)21)8(17,18)4-36-2(6(15,10(22,23)24)11(25,26)27)35-3(37-4)7(16,12(28,29)30)13(31,32)33. The van der Waals surface area contributed by atoms with Gasteiger partial charge < -0.3 is 0 Å². The molecule has 0 amide bonds. The number of hydrogen-bond donors (Lipinski definition) is 0. The van der Waals surface area contributed by atoms with Gasteiger partial charge in [-0.15, -0.1) is 0 Å². The van der Waals surface area contributed by atoms with Crippen molar-refractivity contribution in [2.24, 2.45) is 0 Å². The molecule has 1 aromatic heterocycles. The minimum atomic E-state index is -7.65. The molecule has 0 aliphatic carbocycles. The number of halogens is 20. The second-order valence-corrected chi connectivity index (χ2v) is 6.46. The lowest BCUT2D eigenvalue weighted by atomic mass is 9.96. The molecule has 1 heterocycles. The van der Waals surface area contributed by atoms with Crippen molar-refractivity contribution in [1.29, 1.82) is 5.26 Å². The van der Waals surface area contributed by atoms with Crippen LogP contribution in [0.4, 0.5) is 87.8 Å². The van der Waals surface area contributed by atoms with Crippen LogP contribution in [0.25, 0.3) is 0 Å². The highest BCUT2D eigenvalue weighted by Gasteiger charge is 2.80. The first-order valence-electron chi connectivity index (χ1n) is 7.84. The average molecular weight is 592 g/mol. The van der Waals surface area contributed by atoms with Gasteiger partial charge in [-0.2, -0.15) is 79.9 Å². The molecule has 0 saturated heterocycles. The van der Waals surface area contributed by atoms with Crippen LogP contribution in [0.2, 0.25) is 0 Å². The van der Waals surface area contributed by atoms with Crippen molar-refractivity contribution in [2.75, 3.05) is 0 Å². The van der Waals surface area contributed by atoms with Gasteiger partial charge in [0.2, 0.25) is 5.82 Å². The molecule has 37 heavy (non-hydrogen) atoms. The normalized spacial score (nSPS) is 16.8. The summed E-state index contributed by atoms with van der Waals surface area (Å²) < 4.78 is 263. The Hall–Kier alpha value is -2.90. The van der Waals surface area contributed by atoms with Crippen LogP contribution in [0.3, 0.4) is 0 Å². The van der Waals surface area contributed by atoms with Gasteiger partial charge in [-0.25, -0.2) is 28.1 Å². The fraction of sp³-hybridized carbons (Fsp3) is 0.692. The Morgan fingerprint density at radius 2 is 0.649 bits per heavy atom. The van der Waals surface area contributed by atoms with Crippen LogP contribution >= 0.6 is 0 Å².